The van der Waals surface area contributed by atoms with Crippen LogP contribution in [0.4, 0.5) is 4.39 Å². The van der Waals surface area contributed by atoms with Crippen molar-refractivity contribution in [2.75, 3.05) is 33.8 Å². The quantitative estimate of drug-likeness (QED) is 0.569. The van der Waals surface area contributed by atoms with Gasteiger partial charge in [0, 0.05) is 12.1 Å². The highest BCUT2D eigenvalue weighted by molar-refractivity contribution is 6.31. The third-order valence-electron chi connectivity index (χ3n) is 4.03. The predicted molar refractivity (Wildman–Crippen MR) is 108 cm³/mol. The smallest absolute Gasteiger partial charge is 0.161 e. The van der Waals surface area contributed by atoms with Gasteiger partial charge in [-0.3, -0.25) is 0 Å². The summed E-state index contributed by atoms with van der Waals surface area (Å²) in [5.41, 5.74) is 1.45. The van der Waals surface area contributed by atoms with Crippen LogP contribution >= 0.6 is 11.6 Å². The molecule has 0 saturated carbocycles. The first-order valence-corrected chi connectivity index (χ1v) is 9.56. The highest BCUT2D eigenvalue weighted by Crippen LogP contribution is 2.30. The molecule has 0 spiro atoms. The fourth-order valence-electron chi connectivity index (χ4n) is 2.62. The molecule has 2 rings (SSSR count). The second-order valence-electron chi connectivity index (χ2n) is 6.54. The number of rotatable bonds is 11. The Bertz CT molecular complexity index is 705. The Kier molecular flexibility index (Phi) is 8.85. The minimum absolute atomic E-state index is 0.0493. The van der Waals surface area contributed by atoms with Gasteiger partial charge in [0.05, 0.1) is 11.6 Å². The normalized spacial score (nSPS) is 11.0. The van der Waals surface area contributed by atoms with Gasteiger partial charge in [0.1, 0.15) is 12.4 Å². The van der Waals surface area contributed by atoms with Gasteiger partial charge in [-0.05, 0) is 70.4 Å². The minimum atomic E-state index is -0.376. The molecule has 27 heavy (non-hydrogen) atoms. The molecule has 0 atom stereocenters. The second-order valence-corrected chi connectivity index (χ2v) is 6.94. The number of ether oxygens (including phenoxy) is 2. The average Bonchev–Trinajstić information content (AvgIpc) is 2.62. The summed E-state index contributed by atoms with van der Waals surface area (Å²) < 4.78 is 25.4. The zero-order chi connectivity index (χ0) is 19.6. The molecular weight excluding hydrogens is 367 g/mol. The molecule has 0 heterocycles. The number of halogens is 2. The van der Waals surface area contributed by atoms with E-state index in [1.54, 1.807) is 12.1 Å². The third kappa shape index (κ3) is 7.01. The summed E-state index contributed by atoms with van der Waals surface area (Å²) in [5.74, 6) is 0.851. The molecule has 2 aromatic carbocycles. The van der Waals surface area contributed by atoms with Gasteiger partial charge in [-0.2, -0.15) is 0 Å². The Labute approximate surface area is 166 Å². The van der Waals surface area contributed by atoms with Gasteiger partial charge in [0.15, 0.2) is 11.5 Å². The largest absolute Gasteiger partial charge is 0.490 e. The number of hydrogen-bond donors (Lipinski definition) is 1. The lowest BCUT2D eigenvalue weighted by Crippen LogP contribution is -2.21. The van der Waals surface area contributed by atoms with Crippen molar-refractivity contribution in [3.8, 4) is 11.5 Å². The monoisotopic (exact) mass is 394 g/mol. The van der Waals surface area contributed by atoms with E-state index in [9.17, 15) is 4.39 Å². The number of nitrogens with zero attached hydrogens (tertiary/aromatic N) is 1. The lowest BCUT2D eigenvalue weighted by Gasteiger charge is -2.15. The Morgan fingerprint density at radius 2 is 1.93 bits per heavy atom. The summed E-state index contributed by atoms with van der Waals surface area (Å²) in [7, 11) is 4.14. The van der Waals surface area contributed by atoms with E-state index in [0.717, 1.165) is 31.6 Å². The molecule has 0 bridgehead atoms. The molecule has 6 heteroatoms. The van der Waals surface area contributed by atoms with Gasteiger partial charge >= 0.3 is 0 Å². The van der Waals surface area contributed by atoms with Crippen molar-refractivity contribution in [3.05, 3.63) is 58.4 Å². The first-order valence-electron chi connectivity index (χ1n) is 9.18. The standard InChI is InChI=1S/C21H28ClFN2O2/c1-4-26-21-13-16(14-24-11-6-12-25(2)3)9-10-20(21)27-15-17-18(22)7-5-8-19(17)23/h5,7-10,13,24H,4,6,11-12,14-15H2,1-3H3. The molecule has 1 N–H and O–H groups in total. The maximum Gasteiger partial charge on any atom is 0.161 e. The lowest BCUT2D eigenvalue weighted by atomic mass is 10.2. The molecule has 0 radical (unpaired) electrons. The summed E-state index contributed by atoms with van der Waals surface area (Å²) in [5, 5.41) is 3.78. The van der Waals surface area contributed by atoms with Crippen LogP contribution in [0.3, 0.4) is 0 Å². The van der Waals surface area contributed by atoms with E-state index in [2.05, 4.69) is 24.3 Å². The Balaban J connectivity index is 1.98. The SMILES string of the molecule is CCOc1cc(CNCCCN(C)C)ccc1OCc1c(F)cccc1Cl. The fourth-order valence-corrected chi connectivity index (χ4v) is 2.84. The fraction of sp³-hybridized carbons (Fsp3) is 0.429. The molecule has 2 aromatic rings. The van der Waals surface area contributed by atoms with Crippen molar-refractivity contribution in [2.24, 2.45) is 0 Å². The maximum atomic E-state index is 13.9. The molecular formula is C21H28ClFN2O2. The van der Waals surface area contributed by atoms with Crippen molar-refractivity contribution in [3.63, 3.8) is 0 Å². The molecule has 0 fully saturated rings. The Hall–Kier alpha value is -1.82. The van der Waals surface area contributed by atoms with Crippen LogP contribution in [0.25, 0.3) is 0 Å². The maximum absolute atomic E-state index is 13.9. The van der Waals surface area contributed by atoms with E-state index in [1.807, 2.05) is 25.1 Å². The number of nitrogens with one attached hydrogen (secondary N) is 1. The molecule has 0 unspecified atom stereocenters. The molecule has 0 aliphatic rings. The van der Waals surface area contributed by atoms with Crippen LogP contribution in [0.1, 0.15) is 24.5 Å². The van der Waals surface area contributed by atoms with Crippen molar-refractivity contribution in [1.29, 1.82) is 0 Å². The topological polar surface area (TPSA) is 33.7 Å². The van der Waals surface area contributed by atoms with Crippen LogP contribution in [-0.4, -0.2) is 38.7 Å². The lowest BCUT2D eigenvalue weighted by molar-refractivity contribution is 0.265. The molecule has 4 nitrogen and oxygen atoms in total. The molecule has 0 aliphatic carbocycles. The molecule has 0 aliphatic heterocycles. The highest BCUT2D eigenvalue weighted by Gasteiger charge is 2.11. The van der Waals surface area contributed by atoms with E-state index in [1.165, 1.54) is 6.07 Å². The molecule has 0 aromatic heterocycles. The number of benzene rings is 2. The zero-order valence-electron chi connectivity index (χ0n) is 16.2. The van der Waals surface area contributed by atoms with Gasteiger partial charge in [-0.15, -0.1) is 0 Å². The van der Waals surface area contributed by atoms with Gasteiger partial charge in [0.2, 0.25) is 0 Å². The summed E-state index contributed by atoms with van der Waals surface area (Å²) in [6, 6.07) is 10.4. The summed E-state index contributed by atoms with van der Waals surface area (Å²) in [6.07, 6.45) is 1.09. The number of hydrogen-bond acceptors (Lipinski definition) is 4. The van der Waals surface area contributed by atoms with Gasteiger partial charge in [-0.1, -0.05) is 23.7 Å². The van der Waals surface area contributed by atoms with E-state index in [-0.39, 0.29) is 12.4 Å². The molecule has 148 valence electrons. The first-order chi connectivity index (χ1) is 13.0. The average molecular weight is 395 g/mol. The molecule has 0 saturated heterocycles. The summed E-state index contributed by atoms with van der Waals surface area (Å²) in [4.78, 5) is 2.17. The predicted octanol–water partition coefficient (Wildman–Crippen LogP) is 4.50. The second kappa shape index (κ2) is 11.1. The van der Waals surface area contributed by atoms with Crippen LogP contribution in [-0.2, 0) is 13.2 Å². The van der Waals surface area contributed by atoms with Crippen molar-refractivity contribution < 1.29 is 13.9 Å². The van der Waals surface area contributed by atoms with Crippen LogP contribution < -0.4 is 14.8 Å². The van der Waals surface area contributed by atoms with Crippen LogP contribution in [0.5, 0.6) is 11.5 Å². The van der Waals surface area contributed by atoms with Crippen LogP contribution in [0, 0.1) is 5.82 Å². The summed E-state index contributed by atoms with van der Waals surface area (Å²) in [6.45, 7) is 5.26. The third-order valence-corrected chi connectivity index (χ3v) is 4.38. The van der Waals surface area contributed by atoms with Crippen molar-refractivity contribution >= 4 is 11.6 Å². The molecule has 0 amide bonds. The Morgan fingerprint density at radius 3 is 2.63 bits per heavy atom. The first kappa shape index (κ1) is 21.5. The minimum Gasteiger partial charge on any atom is -0.490 e. The zero-order valence-corrected chi connectivity index (χ0v) is 17.0. The van der Waals surface area contributed by atoms with Gasteiger partial charge < -0.3 is 19.7 Å². The van der Waals surface area contributed by atoms with E-state index >= 15 is 0 Å². The highest BCUT2D eigenvalue weighted by atomic mass is 35.5. The van der Waals surface area contributed by atoms with Gasteiger partial charge in [0.25, 0.3) is 0 Å². The van der Waals surface area contributed by atoms with E-state index < -0.39 is 0 Å². The van der Waals surface area contributed by atoms with E-state index in [0.29, 0.717) is 28.7 Å². The van der Waals surface area contributed by atoms with Crippen LogP contribution in [0.2, 0.25) is 5.02 Å². The Morgan fingerprint density at radius 1 is 1.11 bits per heavy atom. The van der Waals surface area contributed by atoms with Crippen molar-refractivity contribution in [1.82, 2.24) is 10.2 Å². The van der Waals surface area contributed by atoms with E-state index in [4.69, 9.17) is 21.1 Å². The van der Waals surface area contributed by atoms with Crippen molar-refractivity contribution in [2.45, 2.75) is 26.5 Å². The van der Waals surface area contributed by atoms with Gasteiger partial charge in [-0.25, -0.2) is 4.39 Å². The summed E-state index contributed by atoms with van der Waals surface area (Å²) >= 11 is 6.06. The van der Waals surface area contributed by atoms with Crippen LogP contribution in [0.15, 0.2) is 36.4 Å².